The van der Waals surface area contributed by atoms with Gasteiger partial charge in [0.15, 0.2) is 0 Å². The van der Waals surface area contributed by atoms with Gasteiger partial charge in [-0.15, -0.1) is 0 Å². The average Bonchev–Trinajstić information content (AvgIpc) is 2.82. The van der Waals surface area contributed by atoms with Crippen molar-refractivity contribution >= 4 is 18.1 Å². The van der Waals surface area contributed by atoms with Gasteiger partial charge in [-0.05, 0) is 60.6 Å². The van der Waals surface area contributed by atoms with Gasteiger partial charge in [0.25, 0.3) is 5.91 Å². The number of nitrogens with zero attached hydrogens (tertiary/aromatic N) is 1. The Morgan fingerprint density at radius 2 is 1.35 bits per heavy atom. The molecule has 0 aromatic heterocycles. The topological polar surface area (TPSA) is 41.6 Å². The lowest BCUT2D eigenvalue weighted by Gasteiger charge is -2.17. The van der Waals surface area contributed by atoms with Gasteiger partial charge in [-0.2, -0.15) is 0 Å². The summed E-state index contributed by atoms with van der Waals surface area (Å²) in [4.78, 5) is 14.6. The smallest absolute Gasteiger partial charge is 0.251 e. The van der Waals surface area contributed by atoms with Gasteiger partial charge in [-0.25, -0.2) is 0 Å². The number of ether oxygens (including phenoxy) is 1. The third kappa shape index (κ3) is 7.12. The molecule has 0 aliphatic rings. The van der Waals surface area contributed by atoms with E-state index in [0.717, 1.165) is 42.3 Å². The summed E-state index contributed by atoms with van der Waals surface area (Å²) in [6.45, 7) is 7.78. The minimum absolute atomic E-state index is 0.0308. The molecular formula is C27H30N2O2. The van der Waals surface area contributed by atoms with Crippen LogP contribution in [0.3, 0.4) is 0 Å². The van der Waals surface area contributed by atoms with Crippen LogP contribution in [0, 0.1) is 0 Å². The fourth-order valence-electron chi connectivity index (χ4n) is 3.18. The highest BCUT2D eigenvalue weighted by Crippen LogP contribution is 2.21. The van der Waals surface area contributed by atoms with E-state index in [-0.39, 0.29) is 5.91 Å². The van der Waals surface area contributed by atoms with Gasteiger partial charge in [0.05, 0.1) is 0 Å². The van der Waals surface area contributed by atoms with Gasteiger partial charge < -0.3 is 15.0 Å². The molecule has 3 aromatic carbocycles. The molecule has 0 unspecified atom stereocenters. The van der Waals surface area contributed by atoms with E-state index in [0.29, 0.717) is 12.1 Å². The third-order valence-corrected chi connectivity index (χ3v) is 5.11. The first kappa shape index (κ1) is 22.3. The molecule has 4 heteroatoms. The molecule has 160 valence electrons. The van der Waals surface area contributed by atoms with Crippen LogP contribution in [0.1, 0.15) is 35.3 Å². The van der Waals surface area contributed by atoms with Crippen LogP contribution in [0.2, 0.25) is 0 Å². The highest BCUT2D eigenvalue weighted by molar-refractivity contribution is 5.94. The van der Waals surface area contributed by atoms with Gasteiger partial charge in [-0.3, -0.25) is 4.79 Å². The fourth-order valence-corrected chi connectivity index (χ4v) is 3.18. The average molecular weight is 415 g/mol. The first-order valence-corrected chi connectivity index (χ1v) is 10.8. The van der Waals surface area contributed by atoms with Gasteiger partial charge in [-0.1, -0.05) is 68.5 Å². The van der Waals surface area contributed by atoms with Crippen LogP contribution in [0.15, 0.2) is 78.9 Å². The Morgan fingerprint density at radius 3 is 1.94 bits per heavy atom. The number of amides is 1. The van der Waals surface area contributed by atoms with Crippen molar-refractivity contribution in [2.45, 2.75) is 13.8 Å². The van der Waals surface area contributed by atoms with Crippen LogP contribution in [-0.2, 0) is 0 Å². The van der Waals surface area contributed by atoms with Crippen molar-refractivity contribution in [2.75, 3.05) is 26.2 Å². The maximum atomic E-state index is 12.3. The van der Waals surface area contributed by atoms with Crippen LogP contribution in [0.25, 0.3) is 12.2 Å². The van der Waals surface area contributed by atoms with Gasteiger partial charge in [0.1, 0.15) is 11.5 Å². The third-order valence-electron chi connectivity index (χ3n) is 5.11. The number of hydrogen-bond donors (Lipinski definition) is 1. The van der Waals surface area contributed by atoms with Gasteiger partial charge in [0.2, 0.25) is 0 Å². The van der Waals surface area contributed by atoms with Crippen LogP contribution in [0.4, 0.5) is 0 Å². The zero-order chi connectivity index (χ0) is 21.9. The quantitative estimate of drug-likeness (QED) is 0.431. The zero-order valence-electron chi connectivity index (χ0n) is 18.3. The molecule has 0 radical (unpaired) electrons. The van der Waals surface area contributed by atoms with Crippen molar-refractivity contribution in [1.29, 1.82) is 0 Å². The Bertz CT molecular complexity index is 960. The second-order valence-electron chi connectivity index (χ2n) is 7.22. The Labute approximate surface area is 185 Å². The predicted molar refractivity (Wildman–Crippen MR) is 128 cm³/mol. The summed E-state index contributed by atoms with van der Waals surface area (Å²) in [6.07, 6.45) is 4.08. The lowest BCUT2D eigenvalue weighted by molar-refractivity contribution is 0.0949. The Kier molecular flexibility index (Phi) is 8.44. The molecule has 1 amide bonds. The van der Waals surface area contributed by atoms with Crippen molar-refractivity contribution in [3.05, 3.63) is 95.6 Å². The highest BCUT2D eigenvalue weighted by atomic mass is 16.5. The minimum Gasteiger partial charge on any atom is -0.457 e. The summed E-state index contributed by atoms with van der Waals surface area (Å²) in [5.41, 5.74) is 2.81. The van der Waals surface area contributed by atoms with Crippen molar-refractivity contribution in [3.8, 4) is 11.5 Å². The number of carbonyl (C=O) groups is 1. The summed E-state index contributed by atoms with van der Waals surface area (Å²) in [6, 6.07) is 25.3. The standard InChI is InChI=1S/C27H30N2O2/c1-3-29(4-2)21-20-28-27(30)24-16-12-22(13-17-24)10-11-23-14-18-26(19-15-23)31-25-8-6-5-7-9-25/h5-19H,3-4,20-21H2,1-2H3,(H,28,30). The molecule has 0 saturated carbocycles. The van der Waals surface area contributed by atoms with E-state index in [1.54, 1.807) is 0 Å². The van der Waals surface area contributed by atoms with E-state index in [1.807, 2.05) is 91.0 Å². The van der Waals surface area contributed by atoms with E-state index < -0.39 is 0 Å². The molecular weight excluding hydrogens is 384 g/mol. The van der Waals surface area contributed by atoms with Crippen molar-refractivity contribution in [2.24, 2.45) is 0 Å². The number of hydrogen-bond acceptors (Lipinski definition) is 3. The van der Waals surface area contributed by atoms with Crippen LogP contribution in [-0.4, -0.2) is 37.0 Å². The minimum atomic E-state index is -0.0308. The highest BCUT2D eigenvalue weighted by Gasteiger charge is 2.05. The molecule has 31 heavy (non-hydrogen) atoms. The number of para-hydroxylation sites is 1. The lowest BCUT2D eigenvalue weighted by Crippen LogP contribution is -2.34. The monoisotopic (exact) mass is 414 g/mol. The maximum Gasteiger partial charge on any atom is 0.251 e. The normalized spacial score (nSPS) is 11.1. The summed E-state index contributed by atoms with van der Waals surface area (Å²) in [5.74, 6) is 1.60. The molecule has 1 N–H and O–H groups in total. The first-order chi connectivity index (χ1) is 15.2. The maximum absolute atomic E-state index is 12.3. The molecule has 0 spiro atoms. The molecule has 0 atom stereocenters. The molecule has 3 rings (SSSR count). The number of likely N-dealkylation sites (N-methyl/N-ethyl adjacent to an activating group) is 1. The molecule has 0 bridgehead atoms. The van der Waals surface area contributed by atoms with Gasteiger partial charge in [0, 0.05) is 18.7 Å². The number of nitrogens with one attached hydrogen (secondary N) is 1. The largest absolute Gasteiger partial charge is 0.457 e. The Hall–Kier alpha value is -3.37. The van der Waals surface area contributed by atoms with E-state index in [4.69, 9.17) is 4.74 Å². The Morgan fingerprint density at radius 1 is 0.806 bits per heavy atom. The summed E-state index contributed by atoms with van der Waals surface area (Å²) >= 11 is 0. The van der Waals surface area contributed by atoms with Crippen LogP contribution in [0.5, 0.6) is 11.5 Å². The molecule has 0 aliphatic heterocycles. The molecule has 0 aliphatic carbocycles. The van der Waals surface area contributed by atoms with E-state index in [9.17, 15) is 4.79 Å². The van der Waals surface area contributed by atoms with Crippen LogP contribution >= 0.6 is 0 Å². The molecule has 0 heterocycles. The fraction of sp³-hybridized carbons (Fsp3) is 0.222. The van der Waals surface area contributed by atoms with Crippen molar-refractivity contribution in [3.63, 3.8) is 0 Å². The number of rotatable bonds is 10. The lowest BCUT2D eigenvalue weighted by atomic mass is 10.1. The molecule has 4 nitrogen and oxygen atoms in total. The zero-order valence-corrected chi connectivity index (χ0v) is 18.3. The van der Waals surface area contributed by atoms with Crippen molar-refractivity contribution in [1.82, 2.24) is 10.2 Å². The Balaban J connectivity index is 1.51. The van der Waals surface area contributed by atoms with E-state index in [2.05, 4.69) is 24.1 Å². The predicted octanol–water partition coefficient (Wildman–Crippen LogP) is 5.72. The molecule has 0 saturated heterocycles. The summed E-state index contributed by atoms with van der Waals surface area (Å²) < 4.78 is 5.82. The second kappa shape index (κ2) is 11.7. The summed E-state index contributed by atoms with van der Waals surface area (Å²) in [5, 5.41) is 2.99. The SMILES string of the molecule is CCN(CC)CCNC(=O)c1ccc(C=Cc2ccc(Oc3ccccc3)cc2)cc1. The number of benzene rings is 3. The van der Waals surface area contributed by atoms with E-state index in [1.165, 1.54) is 0 Å². The van der Waals surface area contributed by atoms with Gasteiger partial charge >= 0.3 is 0 Å². The second-order valence-corrected chi connectivity index (χ2v) is 7.22. The first-order valence-electron chi connectivity index (χ1n) is 10.8. The van der Waals surface area contributed by atoms with E-state index >= 15 is 0 Å². The summed E-state index contributed by atoms with van der Waals surface area (Å²) in [7, 11) is 0. The molecule has 0 fully saturated rings. The van der Waals surface area contributed by atoms with Crippen molar-refractivity contribution < 1.29 is 9.53 Å². The number of carbonyl (C=O) groups excluding carboxylic acids is 1. The molecule has 3 aromatic rings. The van der Waals surface area contributed by atoms with Crippen LogP contribution < -0.4 is 10.1 Å².